The Labute approximate surface area is 180 Å². The number of rotatable bonds is 6. The molecule has 0 saturated heterocycles. The van der Waals surface area contributed by atoms with Crippen LogP contribution in [0.1, 0.15) is 59.0 Å². The number of carbonyl (C=O) groups is 2. The third kappa shape index (κ3) is 4.39. The van der Waals surface area contributed by atoms with Crippen LogP contribution >= 0.6 is 11.6 Å². The standard InChI is InChI=1S/C23H23ClN4O2/c1-14(2)21-20(13-25-28(21)19-5-3-4-16(24)12-19)23(30)27-17-8-6-15(7-9-17)22(29)26-18-10-11-18/h3-9,12-14,18H,10-11H2,1-2H3,(H,26,29)(H,27,30). The number of halogens is 1. The summed E-state index contributed by atoms with van der Waals surface area (Å²) in [6, 6.07) is 14.6. The number of benzene rings is 2. The minimum atomic E-state index is -0.248. The molecule has 6 nitrogen and oxygen atoms in total. The maximum absolute atomic E-state index is 13.0. The normalized spacial score (nSPS) is 13.3. The Hall–Kier alpha value is -3.12. The molecule has 1 heterocycles. The Kier molecular flexibility index (Phi) is 5.59. The van der Waals surface area contributed by atoms with Gasteiger partial charge in [0.2, 0.25) is 0 Å². The van der Waals surface area contributed by atoms with Crippen LogP contribution in [-0.4, -0.2) is 27.6 Å². The molecule has 0 radical (unpaired) electrons. The van der Waals surface area contributed by atoms with E-state index in [1.165, 1.54) is 0 Å². The quantitative estimate of drug-likeness (QED) is 0.599. The molecule has 7 heteroatoms. The molecule has 2 N–H and O–H groups in total. The summed E-state index contributed by atoms with van der Waals surface area (Å²) >= 11 is 6.12. The van der Waals surface area contributed by atoms with Gasteiger partial charge in [-0.2, -0.15) is 5.10 Å². The topological polar surface area (TPSA) is 76.0 Å². The number of aromatic nitrogens is 2. The van der Waals surface area contributed by atoms with Crippen LogP contribution in [0, 0.1) is 0 Å². The van der Waals surface area contributed by atoms with E-state index in [9.17, 15) is 9.59 Å². The van der Waals surface area contributed by atoms with Crippen LogP contribution < -0.4 is 10.6 Å². The summed E-state index contributed by atoms with van der Waals surface area (Å²) in [6.07, 6.45) is 3.66. The van der Waals surface area contributed by atoms with Gasteiger partial charge in [0, 0.05) is 22.3 Å². The number of hydrogen-bond acceptors (Lipinski definition) is 3. The van der Waals surface area contributed by atoms with Gasteiger partial charge in [-0.25, -0.2) is 4.68 Å². The fourth-order valence-electron chi connectivity index (χ4n) is 3.30. The molecule has 4 rings (SSSR count). The summed E-state index contributed by atoms with van der Waals surface area (Å²) in [5.74, 6) is -0.261. The van der Waals surface area contributed by atoms with Crippen LogP contribution in [0.4, 0.5) is 5.69 Å². The molecular weight excluding hydrogens is 400 g/mol. The van der Waals surface area contributed by atoms with Crippen molar-refractivity contribution in [1.29, 1.82) is 0 Å². The minimum absolute atomic E-state index is 0.0701. The third-order valence-corrected chi connectivity index (χ3v) is 5.20. The maximum atomic E-state index is 13.0. The first kappa shape index (κ1) is 20.2. The lowest BCUT2D eigenvalue weighted by Crippen LogP contribution is -2.25. The summed E-state index contributed by atoms with van der Waals surface area (Å²) in [6.45, 7) is 4.03. The number of anilines is 1. The highest BCUT2D eigenvalue weighted by Gasteiger charge is 2.24. The van der Waals surface area contributed by atoms with Gasteiger partial charge in [0.05, 0.1) is 23.1 Å². The zero-order chi connectivity index (χ0) is 21.3. The number of amides is 2. The number of nitrogens with one attached hydrogen (secondary N) is 2. The Morgan fingerprint density at radius 1 is 1.10 bits per heavy atom. The lowest BCUT2D eigenvalue weighted by atomic mass is 10.0. The largest absolute Gasteiger partial charge is 0.349 e. The lowest BCUT2D eigenvalue weighted by Gasteiger charge is -2.13. The van der Waals surface area contributed by atoms with Gasteiger partial charge >= 0.3 is 0 Å². The molecule has 154 valence electrons. The zero-order valence-electron chi connectivity index (χ0n) is 16.9. The molecule has 1 aliphatic rings. The molecule has 1 aromatic heterocycles. The molecule has 0 spiro atoms. The fraction of sp³-hybridized carbons (Fsp3) is 0.261. The molecule has 1 saturated carbocycles. The van der Waals surface area contributed by atoms with Gasteiger partial charge in [-0.3, -0.25) is 9.59 Å². The molecule has 0 aliphatic heterocycles. The summed E-state index contributed by atoms with van der Waals surface area (Å²) in [5, 5.41) is 10.9. The second kappa shape index (κ2) is 8.32. The molecular formula is C23H23ClN4O2. The van der Waals surface area contributed by atoms with Crippen LogP contribution in [0.2, 0.25) is 5.02 Å². The van der Waals surface area contributed by atoms with E-state index in [0.29, 0.717) is 27.9 Å². The van der Waals surface area contributed by atoms with Gasteiger partial charge in [0.25, 0.3) is 11.8 Å². The highest BCUT2D eigenvalue weighted by atomic mass is 35.5. The molecule has 0 bridgehead atoms. The van der Waals surface area contributed by atoms with Gasteiger partial charge in [0.1, 0.15) is 0 Å². The second-order valence-electron chi connectivity index (χ2n) is 7.77. The van der Waals surface area contributed by atoms with Crippen molar-refractivity contribution in [3.63, 3.8) is 0 Å². The Morgan fingerprint density at radius 2 is 1.83 bits per heavy atom. The van der Waals surface area contributed by atoms with Gasteiger partial charge < -0.3 is 10.6 Å². The van der Waals surface area contributed by atoms with E-state index in [-0.39, 0.29) is 17.7 Å². The van der Waals surface area contributed by atoms with Crippen molar-refractivity contribution in [2.24, 2.45) is 0 Å². The summed E-state index contributed by atoms with van der Waals surface area (Å²) < 4.78 is 1.75. The molecule has 0 unspecified atom stereocenters. The lowest BCUT2D eigenvalue weighted by molar-refractivity contribution is 0.0950. The van der Waals surface area contributed by atoms with Gasteiger partial charge in [-0.1, -0.05) is 31.5 Å². The maximum Gasteiger partial charge on any atom is 0.259 e. The molecule has 30 heavy (non-hydrogen) atoms. The predicted octanol–water partition coefficient (Wildman–Crippen LogP) is 4.79. The van der Waals surface area contributed by atoms with Gasteiger partial charge in [-0.05, 0) is 61.2 Å². The Bertz CT molecular complexity index is 1080. The van der Waals surface area contributed by atoms with Crippen molar-refractivity contribution in [3.8, 4) is 5.69 Å². The van der Waals surface area contributed by atoms with E-state index >= 15 is 0 Å². The van der Waals surface area contributed by atoms with E-state index in [4.69, 9.17) is 11.6 Å². The van der Waals surface area contributed by atoms with Crippen LogP contribution in [0.25, 0.3) is 5.69 Å². The highest BCUT2D eigenvalue weighted by Crippen LogP contribution is 2.25. The first-order valence-corrected chi connectivity index (χ1v) is 10.4. The van der Waals surface area contributed by atoms with E-state index in [1.807, 2.05) is 32.0 Å². The van der Waals surface area contributed by atoms with E-state index < -0.39 is 0 Å². The summed E-state index contributed by atoms with van der Waals surface area (Å²) in [5.41, 5.74) is 3.30. The van der Waals surface area contributed by atoms with Crippen molar-refractivity contribution < 1.29 is 9.59 Å². The van der Waals surface area contributed by atoms with Gasteiger partial charge in [-0.15, -0.1) is 0 Å². The van der Waals surface area contributed by atoms with Crippen molar-refractivity contribution in [2.75, 3.05) is 5.32 Å². The van der Waals surface area contributed by atoms with E-state index in [0.717, 1.165) is 24.2 Å². The Morgan fingerprint density at radius 3 is 2.47 bits per heavy atom. The molecule has 2 aromatic carbocycles. The molecule has 1 fully saturated rings. The van der Waals surface area contributed by atoms with E-state index in [2.05, 4.69) is 15.7 Å². The molecule has 1 aliphatic carbocycles. The average molecular weight is 423 g/mol. The van der Waals surface area contributed by atoms with Crippen molar-refractivity contribution in [3.05, 3.63) is 76.6 Å². The van der Waals surface area contributed by atoms with Crippen molar-refractivity contribution in [2.45, 2.75) is 38.6 Å². The third-order valence-electron chi connectivity index (χ3n) is 4.97. The van der Waals surface area contributed by atoms with Crippen molar-refractivity contribution in [1.82, 2.24) is 15.1 Å². The first-order chi connectivity index (χ1) is 14.4. The fourth-order valence-corrected chi connectivity index (χ4v) is 3.49. The van der Waals surface area contributed by atoms with Crippen LogP contribution in [-0.2, 0) is 0 Å². The number of nitrogens with zero attached hydrogens (tertiary/aromatic N) is 2. The van der Waals surface area contributed by atoms with E-state index in [1.54, 1.807) is 41.2 Å². The number of carbonyl (C=O) groups excluding carboxylic acids is 2. The van der Waals surface area contributed by atoms with Crippen molar-refractivity contribution >= 4 is 29.1 Å². The second-order valence-corrected chi connectivity index (χ2v) is 8.21. The Balaban J connectivity index is 1.54. The van der Waals surface area contributed by atoms with Crippen LogP contribution in [0.3, 0.4) is 0 Å². The molecule has 3 aromatic rings. The number of hydrogen-bond donors (Lipinski definition) is 2. The van der Waals surface area contributed by atoms with Crippen LogP contribution in [0.5, 0.6) is 0 Å². The predicted molar refractivity (Wildman–Crippen MR) is 118 cm³/mol. The van der Waals surface area contributed by atoms with Gasteiger partial charge in [0.15, 0.2) is 0 Å². The average Bonchev–Trinajstić information content (AvgIpc) is 3.41. The summed E-state index contributed by atoms with van der Waals surface area (Å²) in [7, 11) is 0. The highest BCUT2D eigenvalue weighted by molar-refractivity contribution is 6.30. The molecule has 2 amide bonds. The van der Waals surface area contributed by atoms with Crippen LogP contribution in [0.15, 0.2) is 54.7 Å². The smallest absolute Gasteiger partial charge is 0.259 e. The first-order valence-electron chi connectivity index (χ1n) is 9.98. The molecule has 0 atom stereocenters. The monoisotopic (exact) mass is 422 g/mol. The minimum Gasteiger partial charge on any atom is -0.349 e. The summed E-state index contributed by atoms with van der Waals surface area (Å²) in [4.78, 5) is 25.1. The SMILES string of the molecule is CC(C)c1c(C(=O)Nc2ccc(C(=O)NC3CC3)cc2)cnn1-c1cccc(Cl)c1. The zero-order valence-corrected chi connectivity index (χ0v) is 17.6.